The number of aromatic nitrogens is 3. The molecular weight excluding hydrogens is 208 g/mol. The van der Waals surface area contributed by atoms with Crippen LogP contribution >= 0.6 is 11.3 Å². The van der Waals surface area contributed by atoms with Crippen molar-refractivity contribution in [3.8, 4) is 0 Å². The topological polar surface area (TPSA) is 50.7 Å². The molecule has 0 bridgehead atoms. The van der Waals surface area contributed by atoms with E-state index >= 15 is 0 Å². The number of nitrogens with zero attached hydrogens (tertiary/aromatic N) is 3. The first-order chi connectivity index (χ1) is 7.28. The Morgan fingerprint density at radius 3 is 3.00 bits per heavy atom. The second kappa shape index (κ2) is 3.21. The summed E-state index contributed by atoms with van der Waals surface area (Å²) in [6, 6.07) is 0. The van der Waals surface area contributed by atoms with Gasteiger partial charge in [-0.1, -0.05) is 11.3 Å². The van der Waals surface area contributed by atoms with E-state index in [4.69, 9.17) is 0 Å². The van der Waals surface area contributed by atoms with Crippen LogP contribution in [0.1, 0.15) is 24.8 Å². The Hall–Kier alpha value is -1.07. The van der Waals surface area contributed by atoms with Gasteiger partial charge in [-0.3, -0.25) is 0 Å². The molecule has 0 aromatic carbocycles. The molecule has 0 saturated carbocycles. The van der Waals surface area contributed by atoms with Crippen LogP contribution in [0.3, 0.4) is 0 Å². The molecule has 1 unspecified atom stereocenters. The third-order valence-electron chi connectivity index (χ3n) is 2.89. The molecular formula is C10H12N4S. The molecule has 1 atom stereocenters. The highest BCUT2D eigenvalue weighted by Gasteiger charge is 2.33. The lowest BCUT2D eigenvalue weighted by atomic mass is 10.0. The molecule has 1 N–H and O–H groups in total. The van der Waals surface area contributed by atoms with Gasteiger partial charge in [0.15, 0.2) is 10.5 Å². The van der Waals surface area contributed by atoms with Gasteiger partial charge in [-0.2, -0.15) is 0 Å². The summed E-state index contributed by atoms with van der Waals surface area (Å²) in [6.45, 7) is 3.28. The molecule has 0 radical (unpaired) electrons. The van der Waals surface area contributed by atoms with Crippen LogP contribution in [0.15, 0.2) is 12.4 Å². The molecule has 0 spiro atoms. The summed E-state index contributed by atoms with van der Waals surface area (Å²) in [5, 5.41) is 4.61. The summed E-state index contributed by atoms with van der Waals surface area (Å²) in [6.07, 6.45) is 5.77. The van der Waals surface area contributed by atoms with Crippen LogP contribution in [0.2, 0.25) is 0 Å². The first kappa shape index (κ1) is 9.18. The third-order valence-corrected chi connectivity index (χ3v) is 4.10. The van der Waals surface area contributed by atoms with Crippen LogP contribution < -0.4 is 5.32 Å². The molecule has 1 fully saturated rings. The van der Waals surface area contributed by atoms with E-state index < -0.39 is 0 Å². The Kier molecular flexibility index (Phi) is 1.97. The van der Waals surface area contributed by atoms with E-state index in [-0.39, 0.29) is 5.54 Å². The van der Waals surface area contributed by atoms with Gasteiger partial charge in [0.25, 0.3) is 0 Å². The summed E-state index contributed by atoms with van der Waals surface area (Å²) >= 11 is 1.65. The molecule has 5 heteroatoms. The van der Waals surface area contributed by atoms with Crippen molar-refractivity contribution in [2.45, 2.75) is 25.3 Å². The zero-order valence-electron chi connectivity index (χ0n) is 8.53. The highest BCUT2D eigenvalue weighted by atomic mass is 32.1. The largest absolute Gasteiger partial charge is 0.306 e. The second-order valence-corrected chi connectivity index (χ2v) is 5.04. The van der Waals surface area contributed by atoms with Crippen molar-refractivity contribution in [3.63, 3.8) is 0 Å². The van der Waals surface area contributed by atoms with Crippen LogP contribution in [0.4, 0.5) is 0 Å². The quantitative estimate of drug-likeness (QED) is 0.794. The summed E-state index contributed by atoms with van der Waals surface area (Å²) < 4.78 is 0. The monoisotopic (exact) mass is 220 g/mol. The van der Waals surface area contributed by atoms with Gasteiger partial charge in [0.05, 0.1) is 5.54 Å². The van der Waals surface area contributed by atoms with Crippen LogP contribution in [0.5, 0.6) is 0 Å². The SMILES string of the molecule is CC1(c2nc3nccnc3s2)CCCN1. The minimum Gasteiger partial charge on any atom is -0.306 e. The Morgan fingerprint density at radius 1 is 1.40 bits per heavy atom. The number of nitrogens with one attached hydrogen (secondary N) is 1. The predicted octanol–water partition coefficient (Wildman–Crippen LogP) is 1.68. The van der Waals surface area contributed by atoms with E-state index in [9.17, 15) is 0 Å². The van der Waals surface area contributed by atoms with Crippen molar-refractivity contribution >= 4 is 21.8 Å². The van der Waals surface area contributed by atoms with E-state index in [0.29, 0.717) is 0 Å². The van der Waals surface area contributed by atoms with Crippen LogP contribution in [-0.4, -0.2) is 21.5 Å². The summed E-state index contributed by atoms with van der Waals surface area (Å²) in [7, 11) is 0. The smallest absolute Gasteiger partial charge is 0.189 e. The maximum atomic E-state index is 4.55. The fourth-order valence-corrected chi connectivity index (χ4v) is 3.01. The van der Waals surface area contributed by atoms with Crippen molar-refractivity contribution < 1.29 is 0 Å². The molecule has 3 rings (SSSR count). The Morgan fingerprint density at radius 2 is 2.27 bits per heavy atom. The van der Waals surface area contributed by atoms with Gasteiger partial charge < -0.3 is 5.32 Å². The van der Waals surface area contributed by atoms with Gasteiger partial charge in [0.2, 0.25) is 0 Å². The Balaban J connectivity index is 2.11. The normalized spacial score (nSPS) is 26.2. The maximum absolute atomic E-state index is 4.55. The predicted molar refractivity (Wildman–Crippen MR) is 59.8 cm³/mol. The lowest BCUT2D eigenvalue weighted by molar-refractivity contribution is 0.433. The van der Waals surface area contributed by atoms with Gasteiger partial charge >= 0.3 is 0 Å². The minimum absolute atomic E-state index is 0.0348. The van der Waals surface area contributed by atoms with Crippen LogP contribution in [0.25, 0.3) is 10.5 Å². The first-order valence-corrected chi connectivity index (χ1v) is 5.93. The van der Waals surface area contributed by atoms with Crippen molar-refractivity contribution in [1.29, 1.82) is 0 Å². The van der Waals surface area contributed by atoms with Gasteiger partial charge in [-0.05, 0) is 26.3 Å². The van der Waals surface area contributed by atoms with E-state index in [0.717, 1.165) is 28.5 Å². The Bertz CT molecular complexity index is 454. The number of hydrogen-bond donors (Lipinski definition) is 1. The fourth-order valence-electron chi connectivity index (χ4n) is 1.99. The average molecular weight is 220 g/mol. The van der Waals surface area contributed by atoms with Gasteiger partial charge in [-0.25, -0.2) is 15.0 Å². The molecule has 78 valence electrons. The molecule has 4 nitrogen and oxygen atoms in total. The van der Waals surface area contributed by atoms with E-state index in [1.807, 2.05) is 0 Å². The van der Waals surface area contributed by atoms with Gasteiger partial charge in [-0.15, -0.1) is 0 Å². The van der Waals surface area contributed by atoms with Crippen molar-refractivity contribution in [2.75, 3.05) is 6.54 Å². The first-order valence-electron chi connectivity index (χ1n) is 5.11. The van der Waals surface area contributed by atoms with Crippen molar-refractivity contribution in [3.05, 3.63) is 17.4 Å². The van der Waals surface area contributed by atoms with Gasteiger partial charge in [0, 0.05) is 12.4 Å². The maximum Gasteiger partial charge on any atom is 0.189 e. The molecule has 1 saturated heterocycles. The molecule has 0 aliphatic carbocycles. The van der Waals surface area contributed by atoms with Crippen LogP contribution in [-0.2, 0) is 5.54 Å². The number of thiazole rings is 1. The molecule has 1 aliphatic rings. The standard InChI is InChI=1S/C10H12N4S/c1-10(3-2-4-13-10)9-14-7-8(15-9)12-6-5-11-7/h5-6,13H,2-4H2,1H3. The van der Waals surface area contributed by atoms with Gasteiger partial charge in [0.1, 0.15) is 5.01 Å². The fraction of sp³-hybridized carbons (Fsp3) is 0.500. The average Bonchev–Trinajstić information content (AvgIpc) is 2.84. The molecule has 2 aromatic heterocycles. The molecule has 0 amide bonds. The van der Waals surface area contributed by atoms with Crippen molar-refractivity contribution in [1.82, 2.24) is 20.3 Å². The zero-order chi connectivity index (χ0) is 10.3. The highest BCUT2D eigenvalue weighted by Crippen LogP contribution is 2.34. The second-order valence-electron chi connectivity index (χ2n) is 4.07. The Labute approximate surface area is 91.8 Å². The highest BCUT2D eigenvalue weighted by molar-refractivity contribution is 7.18. The number of fused-ring (bicyclic) bond motifs is 1. The molecule has 15 heavy (non-hydrogen) atoms. The number of rotatable bonds is 1. The zero-order valence-corrected chi connectivity index (χ0v) is 9.34. The minimum atomic E-state index is 0.0348. The summed E-state index contributed by atoms with van der Waals surface area (Å²) in [5.41, 5.74) is 0.806. The lowest BCUT2D eigenvalue weighted by Gasteiger charge is -2.20. The molecule has 2 aromatic rings. The third kappa shape index (κ3) is 1.42. The van der Waals surface area contributed by atoms with Crippen LogP contribution in [0, 0.1) is 0 Å². The molecule has 3 heterocycles. The van der Waals surface area contributed by atoms with E-state index in [1.54, 1.807) is 23.7 Å². The van der Waals surface area contributed by atoms with E-state index in [1.165, 1.54) is 6.42 Å². The molecule has 1 aliphatic heterocycles. The van der Waals surface area contributed by atoms with Crippen molar-refractivity contribution in [2.24, 2.45) is 0 Å². The summed E-state index contributed by atoms with van der Waals surface area (Å²) in [5.74, 6) is 0. The summed E-state index contributed by atoms with van der Waals surface area (Å²) in [4.78, 5) is 14.0. The lowest BCUT2D eigenvalue weighted by Crippen LogP contribution is -2.32. The van der Waals surface area contributed by atoms with E-state index in [2.05, 4.69) is 27.2 Å². The number of hydrogen-bond acceptors (Lipinski definition) is 5.